The molecule has 0 saturated heterocycles. The first-order valence-electron chi connectivity index (χ1n) is 21.9. The number of nitrogens with zero attached hydrogens (tertiary/aromatic N) is 1. The van der Waals surface area contributed by atoms with Crippen molar-refractivity contribution in [2.75, 3.05) is 4.90 Å². The van der Waals surface area contributed by atoms with Gasteiger partial charge in [0.2, 0.25) is 0 Å². The minimum atomic E-state index is -0.524. The molecule has 0 saturated carbocycles. The monoisotopic (exact) mass is 833 g/mol. The molecule has 0 amide bonds. The Morgan fingerprint density at radius 3 is 1.83 bits per heavy atom. The van der Waals surface area contributed by atoms with Gasteiger partial charge in [-0.3, -0.25) is 0 Å². The van der Waals surface area contributed by atoms with E-state index in [2.05, 4.69) is 235 Å². The van der Waals surface area contributed by atoms with Crippen molar-refractivity contribution in [3.05, 3.63) is 259 Å². The molecule has 13 rings (SSSR count). The fourth-order valence-corrected chi connectivity index (χ4v) is 11.7. The van der Waals surface area contributed by atoms with Crippen LogP contribution in [-0.4, -0.2) is 0 Å². The molecule has 64 heavy (non-hydrogen) atoms. The highest BCUT2D eigenvalue weighted by atomic mass is 32.1. The van der Waals surface area contributed by atoms with Crippen molar-refractivity contribution in [3.8, 4) is 33.4 Å². The minimum absolute atomic E-state index is 0.524. The predicted octanol–water partition coefficient (Wildman–Crippen LogP) is 17.1. The topological polar surface area (TPSA) is 16.4 Å². The van der Waals surface area contributed by atoms with Crippen LogP contribution in [0.1, 0.15) is 22.3 Å². The number of para-hydroxylation sites is 2. The zero-order chi connectivity index (χ0) is 42.2. The molecule has 2 heterocycles. The van der Waals surface area contributed by atoms with E-state index in [-0.39, 0.29) is 0 Å². The Balaban J connectivity index is 1.03. The van der Waals surface area contributed by atoms with Gasteiger partial charge >= 0.3 is 0 Å². The highest BCUT2D eigenvalue weighted by Gasteiger charge is 2.47. The molecule has 1 aliphatic carbocycles. The number of furan rings is 1. The second kappa shape index (κ2) is 14.6. The fraction of sp³-hybridized carbons (Fsp3) is 0.0164. The number of rotatable bonds is 7. The van der Waals surface area contributed by atoms with Crippen LogP contribution in [0.3, 0.4) is 0 Å². The van der Waals surface area contributed by atoms with E-state index in [1.807, 2.05) is 17.4 Å². The van der Waals surface area contributed by atoms with E-state index in [1.165, 1.54) is 64.7 Å². The smallest absolute Gasteiger partial charge is 0.143 e. The zero-order valence-corrected chi connectivity index (χ0v) is 35.6. The van der Waals surface area contributed by atoms with Crippen molar-refractivity contribution >= 4 is 70.5 Å². The molecule has 12 aromatic rings. The molecule has 0 N–H and O–H groups in total. The normalized spacial score (nSPS) is 12.8. The van der Waals surface area contributed by atoms with Gasteiger partial charge in [0.25, 0.3) is 0 Å². The van der Waals surface area contributed by atoms with Crippen LogP contribution in [0.5, 0.6) is 0 Å². The lowest BCUT2D eigenvalue weighted by molar-refractivity contribution is 0.670. The number of hydrogen-bond acceptors (Lipinski definition) is 3. The molecule has 0 fully saturated rings. The third-order valence-corrected chi connectivity index (χ3v) is 14.5. The second-order valence-corrected chi connectivity index (χ2v) is 17.8. The third kappa shape index (κ3) is 5.51. The van der Waals surface area contributed by atoms with E-state index in [1.54, 1.807) is 0 Å². The molecular weight excluding hydrogens is 795 g/mol. The third-order valence-electron chi connectivity index (χ3n) is 13.4. The van der Waals surface area contributed by atoms with Crippen LogP contribution < -0.4 is 4.90 Å². The van der Waals surface area contributed by atoms with E-state index in [9.17, 15) is 0 Å². The molecule has 0 radical (unpaired) electrons. The summed E-state index contributed by atoms with van der Waals surface area (Å²) in [7, 11) is 0. The van der Waals surface area contributed by atoms with Gasteiger partial charge in [0, 0.05) is 53.4 Å². The molecule has 0 unspecified atom stereocenters. The first-order chi connectivity index (χ1) is 31.7. The first-order valence-corrected chi connectivity index (χ1v) is 22.7. The van der Waals surface area contributed by atoms with Crippen LogP contribution in [0.2, 0.25) is 0 Å². The molecule has 0 spiro atoms. The lowest BCUT2D eigenvalue weighted by atomic mass is 9.68. The minimum Gasteiger partial charge on any atom is -0.455 e. The molecule has 0 bridgehead atoms. The highest BCUT2D eigenvalue weighted by molar-refractivity contribution is 7.25. The number of thiophene rings is 1. The van der Waals surface area contributed by atoms with Gasteiger partial charge in [0.1, 0.15) is 11.2 Å². The Morgan fingerprint density at radius 2 is 1.00 bits per heavy atom. The molecule has 0 aliphatic heterocycles. The Bertz CT molecular complexity index is 3690. The standard InChI is InChI=1S/C61H39NOS/c1-3-17-43(18-4-1)61(44-19-5-2-6-20-44)53-27-10-7-24-52(53)59-54(61)28-15-29-55(59)62(45-35-32-40(33-36-45)41-34-37-50-49-23-9-12-31-57(49)64-58(50)39-41)46-21-13-16-42(38-46)47-25-14-26-51-48-22-8-11-30-56(48)63-60(47)51/h1-39H. The Labute approximate surface area is 375 Å². The lowest BCUT2D eigenvalue weighted by Gasteiger charge is -2.34. The first kappa shape index (κ1) is 36.7. The van der Waals surface area contributed by atoms with Gasteiger partial charge in [-0.1, -0.05) is 188 Å². The molecule has 10 aromatic carbocycles. The van der Waals surface area contributed by atoms with Gasteiger partial charge in [0.05, 0.1) is 11.1 Å². The van der Waals surface area contributed by atoms with Crippen LogP contribution in [0.15, 0.2) is 241 Å². The quantitative estimate of drug-likeness (QED) is 0.159. The maximum absolute atomic E-state index is 6.60. The van der Waals surface area contributed by atoms with Crippen LogP contribution >= 0.6 is 11.3 Å². The maximum atomic E-state index is 6.60. The van der Waals surface area contributed by atoms with E-state index < -0.39 is 5.41 Å². The van der Waals surface area contributed by atoms with Gasteiger partial charge in [-0.25, -0.2) is 0 Å². The van der Waals surface area contributed by atoms with Crippen molar-refractivity contribution < 1.29 is 4.42 Å². The van der Waals surface area contributed by atoms with Crippen LogP contribution in [0.4, 0.5) is 17.1 Å². The number of hydrogen-bond donors (Lipinski definition) is 0. The van der Waals surface area contributed by atoms with Crippen molar-refractivity contribution in [2.45, 2.75) is 5.41 Å². The van der Waals surface area contributed by atoms with Crippen LogP contribution in [0.25, 0.3) is 75.5 Å². The molecule has 3 heteroatoms. The molecule has 2 nitrogen and oxygen atoms in total. The molecular formula is C61H39NOS. The van der Waals surface area contributed by atoms with Gasteiger partial charge in [0.15, 0.2) is 0 Å². The van der Waals surface area contributed by atoms with E-state index in [4.69, 9.17) is 4.42 Å². The van der Waals surface area contributed by atoms with E-state index in [0.29, 0.717) is 0 Å². The van der Waals surface area contributed by atoms with Gasteiger partial charge < -0.3 is 9.32 Å². The average molecular weight is 834 g/mol. The summed E-state index contributed by atoms with van der Waals surface area (Å²) in [6.07, 6.45) is 0. The summed E-state index contributed by atoms with van der Waals surface area (Å²) in [5.41, 5.74) is 16.6. The summed E-state index contributed by atoms with van der Waals surface area (Å²) in [5.74, 6) is 0. The summed E-state index contributed by atoms with van der Waals surface area (Å²) in [4.78, 5) is 2.46. The van der Waals surface area contributed by atoms with Crippen LogP contribution in [0, 0.1) is 0 Å². The predicted molar refractivity (Wildman–Crippen MR) is 269 cm³/mol. The Kier molecular flexibility index (Phi) is 8.34. The van der Waals surface area contributed by atoms with Crippen molar-refractivity contribution in [3.63, 3.8) is 0 Å². The summed E-state index contributed by atoms with van der Waals surface area (Å²) >= 11 is 1.86. The van der Waals surface area contributed by atoms with Gasteiger partial charge in [-0.2, -0.15) is 0 Å². The average Bonchev–Trinajstić information content (AvgIpc) is 4.03. The number of benzene rings is 10. The fourth-order valence-electron chi connectivity index (χ4n) is 10.6. The second-order valence-electron chi connectivity index (χ2n) is 16.7. The molecule has 300 valence electrons. The largest absolute Gasteiger partial charge is 0.455 e. The SMILES string of the molecule is c1ccc(C2(c3ccccc3)c3ccccc3-c3c(N(c4ccc(-c5ccc6c(c5)sc5ccccc56)cc4)c4cccc(-c5cccc6c5oc5ccccc56)c4)cccc32)cc1. The Hall–Kier alpha value is -7.98. The highest BCUT2D eigenvalue weighted by Crippen LogP contribution is 2.59. The van der Waals surface area contributed by atoms with Crippen molar-refractivity contribution in [1.29, 1.82) is 0 Å². The van der Waals surface area contributed by atoms with Crippen LogP contribution in [-0.2, 0) is 5.41 Å². The maximum Gasteiger partial charge on any atom is 0.143 e. The van der Waals surface area contributed by atoms with Crippen molar-refractivity contribution in [1.82, 2.24) is 0 Å². The van der Waals surface area contributed by atoms with Crippen molar-refractivity contribution in [2.24, 2.45) is 0 Å². The molecule has 2 aromatic heterocycles. The number of anilines is 3. The zero-order valence-electron chi connectivity index (χ0n) is 34.8. The summed E-state index contributed by atoms with van der Waals surface area (Å²) in [6.45, 7) is 0. The Morgan fingerprint density at radius 1 is 0.375 bits per heavy atom. The molecule has 1 aliphatic rings. The van der Waals surface area contributed by atoms with E-state index >= 15 is 0 Å². The molecule has 0 atom stereocenters. The number of fused-ring (bicyclic) bond motifs is 9. The van der Waals surface area contributed by atoms with Gasteiger partial charge in [-0.05, 0) is 93.0 Å². The lowest BCUT2D eigenvalue weighted by Crippen LogP contribution is -2.28. The summed E-state index contributed by atoms with van der Waals surface area (Å²) in [6, 6.07) is 86.5. The van der Waals surface area contributed by atoms with E-state index in [0.717, 1.165) is 50.1 Å². The summed E-state index contributed by atoms with van der Waals surface area (Å²) in [5, 5.41) is 4.88. The van der Waals surface area contributed by atoms with Gasteiger partial charge in [-0.15, -0.1) is 11.3 Å². The summed E-state index contributed by atoms with van der Waals surface area (Å²) < 4.78 is 9.22.